The first-order chi connectivity index (χ1) is 20.2. The van der Waals surface area contributed by atoms with Crippen LogP contribution >= 0.6 is 0 Å². The number of imidazole rings is 1. The number of halogens is 3. The van der Waals surface area contributed by atoms with Gasteiger partial charge in [-0.2, -0.15) is 13.2 Å². The average Bonchev–Trinajstić information content (AvgIpc) is 3.38. The molecule has 1 unspecified atom stereocenters. The first-order valence-electron chi connectivity index (χ1n) is 13.4. The number of pyridine rings is 1. The van der Waals surface area contributed by atoms with Crippen molar-refractivity contribution in [3.63, 3.8) is 0 Å². The number of carbonyl (C=O) groups is 2. The third-order valence-electron chi connectivity index (χ3n) is 7.12. The number of benzene rings is 1. The number of nitrogens with one attached hydrogen (secondary N) is 1. The molecule has 1 aliphatic heterocycles. The number of amides is 2. The molecule has 218 valence electrons. The van der Waals surface area contributed by atoms with E-state index in [0.29, 0.717) is 18.8 Å². The minimum absolute atomic E-state index is 0.105. The molecule has 12 heteroatoms. The topological polar surface area (TPSA) is 102 Å². The molecule has 42 heavy (non-hydrogen) atoms. The Hall–Kier alpha value is -4.58. The highest BCUT2D eigenvalue weighted by Crippen LogP contribution is 2.35. The van der Waals surface area contributed by atoms with Crippen LogP contribution in [0.25, 0.3) is 16.8 Å². The molecular weight excluding hydrogens is 549 g/mol. The standard InChI is InChI=1S/C30H29F3N6O3/c1-19-27-26(20-8-10-21(11-9-20)29(41)36-24-18-22(12-13-35-24)30(31,32)33)37-28(39(27)16-14-34-19)23-6-3-4-15-38(23)25(40)7-5-17-42-2/h5,7-14,16,18,23H,3-4,6,15,17H2,1-2H3,(H,35,36,41). The number of hydrogen-bond acceptors (Lipinski definition) is 6. The number of hydrogen-bond donors (Lipinski definition) is 1. The summed E-state index contributed by atoms with van der Waals surface area (Å²) in [5.41, 5.74) is 2.23. The van der Waals surface area contributed by atoms with Gasteiger partial charge in [0.1, 0.15) is 11.6 Å². The summed E-state index contributed by atoms with van der Waals surface area (Å²) in [6.07, 6.45) is 5.80. The van der Waals surface area contributed by atoms with Crippen molar-refractivity contribution in [2.24, 2.45) is 0 Å². The number of methoxy groups -OCH3 is 1. The predicted molar refractivity (Wildman–Crippen MR) is 150 cm³/mol. The summed E-state index contributed by atoms with van der Waals surface area (Å²) < 4.78 is 46.1. The molecule has 1 fully saturated rings. The first kappa shape index (κ1) is 28.9. The highest BCUT2D eigenvalue weighted by molar-refractivity contribution is 6.04. The van der Waals surface area contributed by atoms with Crippen molar-refractivity contribution in [2.45, 2.75) is 38.4 Å². The zero-order valence-corrected chi connectivity index (χ0v) is 23.1. The summed E-state index contributed by atoms with van der Waals surface area (Å²) >= 11 is 0. The van der Waals surface area contributed by atoms with Crippen molar-refractivity contribution < 1.29 is 27.5 Å². The molecule has 0 spiro atoms. The fraction of sp³-hybridized carbons (Fsp3) is 0.300. The molecule has 1 N–H and O–H groups in total. The van der Waals surface area contributed by atoms with E-state index < -0.39 is 17.6 Å². The third kappa shape index (κ3) is 6.03. The second-order valence-corrected chi connectivity index (χ2v) is 9.91. The van der Waals surface area contributed by atoms with E-state index in [0.717, 1.165) is 60.2 Å². The van der Waals surface area contributed by atoms with Crippen LogP contribution in [0, 0.1) is 6.92 Å². The molecule has 0 radical (unpaired) electrons. The van der Waals surface area contributed by atoms with E-state index in [1.54, 1.807) is 43.6 Å². The second kappa shape index (κ2) is 12.1. The van der Waals surface area contributed by atoms with Crippen LogP contribution in [0.1, 0.15) is 52.7 Å². The molecule has 1 aromatic carbocycles. The van der Waals surface area contributed by atoms with Crippen LogP contribution in [0.4, 0.5) is 19.0 Å². The van der Waals surface area contributed by atoms with E-state index in [-0.39, 0.29) is 23.3 Å². The van der Waals surface area contributed by atoms with Gasteiger partial charge in [-0.1, -0.05) is 18.2 Å². The molecule has 9 nitrogen and oxygen atoms in total. The van der Waals surface area contributed by atoms with Gasteiger partial charge in [0, 0.05) is 49.4 Å². The Labute approximate surface area is 240 Å². The summed E-state index contributed by atoms with van der Waals surface area (Å²) in [5, 5.41) is 2.42. The van der Waals surface area contributed by atoms with Crippen LogP contribution in [0.5, 0.6) is 0 Å². The fourth-order valence-corrected chi connectivity index (χ4v) is 5.10. The number of alkyl halides is 3. The molecule has 4 aromatic rings. The number of carbonyl (C=O) groups excluding carboxylic acids is 2. The van der Waals surface area contributed by atoms with Gasteiger partial charge in [-0.3, -0.25) is 19.0 Å². The molecule has 1 aliphatic rings. The molecule has 0 aliphatic carbocycles. The number of fused-ring (bicyclic) bond motifs is 1. The smallest absolute Gasteiger partial charge is 0.381 e. The normalized spacial score (nSPS) is 15.8. The number of aromatic nitrogens is 4. The summed E-state index contributed by atoms with van der Waals surface area (Å²) in [6, 6.07) is 7.98. The molecule has 3 aromatic heterocycles. The lowest BCUT2D eigenvalue weighted by molar-refractivity contribution is -0.137. The molecule has 4 heterocycles. The molecule has 0 saturated carbocycles. The first-order valence-corrected chi connectivity index (χ1v) is 13.4. The number of aryl methyl sites for hydroxylation is 1. The number of ether oxygens (including phenoxy) is 1. The van der Waals surface area contributed by atoms with Crippen LogP contribution < -0.4 is 5.32 Å². The number of anilines is 1. The van der Waals surface area contributed by atoms with E-state index in [4.69, 9.17) is 9.72 Å². The van der Waals surface area contributed by atoms with Gasteiger partial charge < -0.3 is 15.0 Å². The lowest BCUT2D eigenvalue weighted by Gasteiger charge is -2.34. The van der Waals surface area contributed by atoms with Crippen molar-refractivity contribution in [3.8, 4) is 11.3 Å². The zero-order chi connectivity index (χ0) is 29.9. The summed E-state index contributed by atoms with van der Waals surface area (Å²) in [6.45, 7) is 2.83. The van der Waals surface area contributed by atoms with Gasteiger partial charge >= 0.3 is 6.18 Å². The van der Waals surface area contributed by atoms with E-state index in [1.165, 1.54) is 6.08 Å². The molecule has 2 amide bonds. The third-order valence-corrected chi connectivity index (χ3v) is 7.12. The Balaban J connectivity index is 1.45. The summed E-state index contributed by atoms with van der Waals surface area (Å²) in [4.78, 5) is 41.0. The summed E-state index contributed by atoms with van der Waals surface area (Å²) in [7, 11) is 1.57. The van der Waals surface area contributed by atoms with Crippen LogP contribution in [0.15, 0.2) is 67.1 Å². The van der Waals surface area contributed by atoms with Crippen molar-refractivity contribution in [3.05, 3.63) is 89.8 Å². The molecule has 1 atom stereocenters. The average molecular weight is 579 g/mol. The van der Waals surface area contributed by atoms with Gasteiger partial charge in [0.25, 0.3) is 5.91 Å². The van der Waals surface area contributed by atoms with Gasteiger partial charge in [-0.25, -0.2) is 9.97 Å². The van der Waals surface area contributed by atoms with E-state index in [9.17, 15) is 22.8 Å². The van der Waals surface area contributed by atoms with Gasteiger partial charge in [0.2, 0.25) is 5.91 Å². The van der Waals surface area contributed by atoms with Crippen LogP contribution in [0.2, 0.25) is 0 Å². The molecule has 0 bridgehead atoms. The van der Waals surface area contributed by atoms with Gasteiger partial charge in [0.15, 0.2) is 0 Å². The quantitative estimate of drug-likeness (QED) is 0.286. The summed E-state index contributed by atoms with van der Waals surface area (Å²) in [5.74, 6) is -0.184. The van der Waals surface area contributed by atoms with E-state index >= 15 is 0 Å². The largest absolute Gasteiger partial charge is 0.416 e. The minimum Gasteiger partial charge on any atom is -0.381 e. The number of piperidine rings is 1. The maximum Gasteiger partial charge on any atom is 0.416 e. The fourth-order valence-electron chi connectivity index (χ4n) is 5.10. The second-order valence-electron chi connectivity index (χ2n) is 9.91. The van der Waals surface area contributed by atoms with Gasteiger partial charge in [0.05, 0.1) is 35.1 Å². The Bertz CT molecular complexity index is 1630. The number of rotatable bonds is 7. The van der Waals surface area contributed by atoms with E-state index in [1.807, 2.05) is 22.4 Å². The number of likely N-dealkylation sites (tertiary alicyclic amines) is 1. The highest BCUT2D eigenvalue weighted by Gasteiger charge is 2.32. The van der Waals surface area contributed by atoms with Crippen LogP contribution in [-0.4, -0.2) is 56.3 Å². The lowest BCUT2D eigenvalue weighted by atomic mass is 10.0. The highest BCUT2D eigenvalue weighted by atomic mass is 19.4. The van der Waals surface area contributed by atoms with E-state index in [2.05, 4.69) is 15.3 Å². The van der Waals surface area contributed by atoms with Crippen LogP contribution in [-0.2, 0) is 15.7 Å². The zero-order valence-electron chi connectivity index (χ0n) is 23.1. The lowest BCUT2D eigenvalue weighted by Crippen LogP contribution is -2.38. The van der Waals surface area contributed by atoms with Crippen molar-refractivity contribution in [1.82, 2.24) is 24.3 Å². The van der Waals surface area contributed by atoms with Gasteiger partial charge in [-0.15, -0.1) is 0 Å². The molecular formula is C30H29F3N6O3. The molecule has 5 rings (SSSR count). The van der Waals surface area contributed by atoms with Crippen molar-refractivity contribution in [1.29, 1.82) is 0 Å². The SMILES string of the molecule is COCC=CC(=O)N1CCCCC1c1nc(-c2ccc(C(=O)Nc3cc(C(F)(F)F)ccn3)cc2)c2c(C)nccn12. The Kier molecular flexibility index (Phi) is 8.34. The number of nitrogens with zero attached hydrogens (tertiary/aromatic N) is 5. The van der Waals surface area contributed by atoms with Crippen molar-refractivity contribution >= 4 is 23.1 Å². The molecule has 1 saturated heterocycles. The predicted octanol–water partition coefficient (Wildman–Crippen LogP) is 5.63. The minimum atomic E-state index is -4.55. The maximum absolute atomic E-state index is 13.1. The Morgan fingerprint density at radius 3 is 2.64 bits per heavy atom. The van der Waals surface area contributed by atoms with Crippen molar-refractivity contribution in [2.75, 3.05) is 25.6 Å². The Morgan fingerprint density at radius 1 is 1.12 bits per heavy atom. The van der Waals surface area contributed by atoms with Gasteiger partial charge in [-0.05, 0) is 50.5 Å². The van der Waals surface area contributed by atoms with Crippen LogP contribution in [0.3, 0.4) is 0 Å². The Morgan fingerprint density at radius 2 is 1.90 bits per heavy atom. The monoisotopic (exact) mass is 578 g/mol. The maximum atomic E-state index is 13.1.